The summed E-state index contributed by atoms with van der Waals surface area (Å²) in [6.07, 6.45) is 1.83. The van der Waals surface area contributed by atoms with Crippen molar-refractivity contribution in [3.05, 3.63) is 12.7 Å². The van der Waals surface area contributed by atoms with Crippen molar-refractivity contribution in [1.82, 2.24) is 0 Å². The van der Waals surface area contributed by atoms with E-state index in [2.05, 4.69) is 6.58 Å². The molecular formula is C7H14O3Si. The first-order valence-electron chi connectivity index (χ1n) is 3.57. The molecule has 0 saturated carbocycles. The molecule has 0 radical (unpaired) electrons. The number of hydrogen-bond donors (Lipinski definition) is 0. The average molecular weight is 174 g/mol. The molecule has 11 heavy (non-hydrogen) atoms. The molecule has 64 valence electrons. The van der Waals surface area contributed by atoms with Crippen LogP contribution in [-0.4, -0.2) is 28.1 Å². The van der Waals surface area contributed by atoms with Crippen molar-refractivity contribution in [2.45, 2.75) is 20.0 Å². The molecule has 0 unspecified atom stereocenters. The fourth-order valence-corrected chi connectivity index (χ4v) is 1.34. The Morgan fingerprint density at radius 1 is 1.73 bits per heavy atom. The van der Waals surface area contributed by atoms with Crippen LogP contribution in [0.3, 0.4) is 0 Å². The van der Waals surface area contributed by atoms with E-state index in [-0.39, 0.29) is 12.1 Å². The second kappa shape index (κ2) is 6.12. The monoisotopic (exact) mass is 174 g/mol. The van der Waals surface area contributed by atoms with E-state index in [1.54, 1.807) is 0 Å². The quantitative estimate of drug-likeness (QED) is 0.258. The second-order valence-corrected chi connectivity index (χ2v) is 3.44. The van der Waals surface area contributed by atoms with Gasteiger partial charge in [-0.1, -0.05) is 6.58 Å². The van der Waals surface area contributed by atoms with Crippen LogP contribution in [0.2, 0.25) is 0 Å². The Balaban J connectivity index is 3.14. The molecule has 0 saturated heterocycles. The summed E-state index contributed by atoms with van der Waals surface area (Å²) in [5.41, 5.74) is 0. The number of ether oxygens (including phenoxy) is 1. The lowest BCUT2D eigenvalue weighted by atomic mass is 10.5. The Kier molecular flexibility index (Phi) is 5.78. The maximum atomic E-state index is 10.5. The van der Waals surface area contributed by atoms with E-state index in [1.807, 2.05) is 13.8 Å². The van der Waals surface area contributed by atoms with Crippen LogP contribution in [0.5, 0.6) is 0 Å². The zero-order valence-corrected chi connectivity index (χ0v) is 8.41. The fourth-order valence-electron chi connectivity index (χ4n) is 0.485. The Morgan fingerprint density at radius 3 is 2.82 bits per heavy atom. The van der Waals surface area contributed by atoms with Crippen LogP contribution in [0.4, 0.5) is 0 Å². The summed E-state index contributed by atoms with van der Waals surface area (Å²) < 4.78 is 9.99. The van der Waals surface area contributed by atoms with Gasteiger partial charge in [-0.3, -0.25) is 0 Å². The summed E-state index contributed by atoms with van der Waals surface area (Å²) in [7, 11) is -0.679. The molecule has 0 N–H and O–H groups in total. The van der Waals surface area contributed by atoms with Gasteiger partial charge in [0, 0.05) is 12.2 Å². The smallest absolute Gasteiger partial charge is 0.329 e. The molecule has 0 aliphatic carbocycles. The standard InChI is InChI=1S/C7H14O3Si/c1-4-7(8)9-5-11-10-6(2)3/h4,6H,1,5,11H2,2-3H3. The highest BCUT2D eigenvalue weighted by molar-refractivity contribution is 6.27. The van der Waals surface area contributed by atoms with Gasteiger partial charge in [-0.2, -0.15) is 0 Å². The van der Waals surface area contributed by atoms with Gasteiger partial charge in [0.15, 0.2) is 0 Å². The molecule has 0 aromatic heterocycles. The average Bonchev–Trinajstić information content (AvgIpc) is 1.97. The maximum Gasteiger partial charge on any atom is 0.329 e. The van der Waals surface area contributed by atoms with Crippen LogP contribution < -0.4 is 0 Å². The largest absolute Gasteiger partial charge is 0.464 e. The number of carbonyl (C=O) groups excluding carboxylic acids is 1. The molecule has 4 heteroatoms. The van der Waals surface area contributed by atoms with Crippen molar-refractivity contribution in [2.75, 3.05) is 6.23 Å². The van der Waals surface area contributed by atoms with Crippen molar-refractivity contribution in [1.29, 1.82) is 0 Å². The van der Waals surface area contributed by atoms with Crippen LogP contribution >= 0.6 is 0 Å². The third kappa shape index (κ3) is 7.28. The van der Waals surface area contributed by atoms with Gasteiger partial charge in [-0.05, 0) is 13.8 Å². The molecule has 0 bridgehead atoms. The topological polar surface area (TPSA) is 35.5 Å². The first-order chi connectivity index (χ1) is 5.16. The molecule has 0 rings (SSSR count). The van der Waals surface area contributed by atoms with E-state index >= 15 is 0 Å². The third-order valence-corrected chi connectivity index (χ3v) is 2.22. The Bertz CT molecular complexity index is 134. The molecule has 0 aliphatic rings. The van der Waals surface area contributed by atoms with E-state index in [1.165, 1.54) is 0 Å². The fraction of sp³-hybridized carbons (Fsp3) is 0.571. The third-order valence-electron chi connectivity index (χ3n) is 0.946. The van der Waals surface area contributed by atoms with Gasteiger partial charge < -0.3 is 9.16 Å². The van der Waals surface area contributed by atoms with E-state index in [9.17, 15) is 4.79 Å². The Hall–Kier alpha value is -0.613. The minimum Gasteiger partial charge on any atom is -0.464 e. The zero-order valence-electron chi connectivity index (χ0n) is 7.00. The Labute approximate surface area is 69.3 Å². The van der Waals surface area contributed by atoms with Gasteiger partial charge in [-0.15, -0.1) is 0 Å². The second-order valence-electron chi connectivity index (χ2n) is 2.29. The van der Waals surface area contributed by atoms with Crippen LogP contribution in [0.25, 0.3) is 0 Å². The lowest BCUT2D eigenvalue weighted by Gasteiger charge is -2.06. The molecule has 0 aromatic carbocycles. The maximum absolute atomic E-state index is 10.5. The van der Waals surface area contributed by atoms with Gasteiger partial charge in [0.1, 0.15) is 6.23 Å². The van der Waals surface area contributed by atoms with E-state index in [0.717, 1.165) is 6.08 Å². The SMILES string of the molecule is C=CC(=O)OC[SiH2]OC(C)C. The molecule has 0 heterocycles. The number of esters is 1. The van der Waals surface area contributed by atoms with Crippen molar-refractivity contribution >= 4 is 15.7 Å². The zero-order chi connectivity index (χ0) is 8.69. The lowest BCUT2D eigenvalue weighted by molar-refractivity contribution is -0.136. The molecule has 0 aliphatic heterocycles. The van der Waals surface area contributed by atoms with Crippen LogP contribution in [0.15, 0.2) is 12.7 Å². The first kappa shape index (κ1) is 10.4. The number of carbonyl (C=O) groups is 1. The summed E-state index contributed by atoms with van der Waals surface area (Å²) in [5, 5.41) is 0. The summed E-state index contributed by atoms with van der Waals surface area (Å²) in [6, 6.07) is 0. The number of rotatable bonds is 5. The van der Waals surface area contributed by atoms with Crippen molar-refractivity contribution in [2.24, 2.45) is 0 Å². The summed E-state index contributed by atoms with van der Waals surface area (Å²) in [4.78, 5) is 10.5. The first-order valence-corrected chi connectivity index (χ1v) is 5.15. The van der Waals surface area contributed by atoms with Crippen molar-refractivity contribution in [3.8, 4) is 0 Å². The molecule has 0 amide bonds. The van der Waals surface area contributed by atoms with Gasteiger partial charge in [0.05, 0.1) is 0 Å². The molecule has 3 nitrogen and oxygen atoms in total. The van der Waals surface area contributed by atoms with Crippen molar-refractivity contribution < 1.29 is 14.0 Å². The van der Waals surface area contributed by atoms with Gasteiger partial charge in [0.2, 0.25) is 9.76 Å². The van der Waals surface area contributed by atoms with Gasteiger partial charge in [0.25, 0.3) is 0 Å². The molecular weight excluding hydrogens is 160 g/mol. The van der Waals surface area contributed by atoms with E-state index in [4.69, 9.17) is 9.16 Å². The van der Waals surface area contributed by atoms with E-state index in [0.29, 0.717) is 6.23 Å². The minimum absolute atomic E-state index is 0.240. The van der Waals surface area contributed by atoms with Crippen molar-refractivity contribution in [3.63, 3.8) is 0 Å². The number of hydrogen-bond acceptors (Lipinski definition) is 3. The highest BCUT2D eigenvalue weighted by Gasteiger charge is 1.97. The summed E-state index contributed by atoms with van der Waals surface area (Å²) in [5.74, 6) is -0.371. The molecule has 0 atom stereocenters. The molecule has 0 spiro atoms. The van der Waals surface area contributed by atoms with Crippen LogP contribution in [0, 0.1) is 0 Å². The van der Waals surface area contributed by atoms with Gasteiger partial charge >= 0.3 is 5.97 Å². The van der Waals surface area contributed by atoms with E-state index < -0.39 is 9.76 Å². The van der Waals surface area contributed by atoms with Crippen LogP contribution in [0.1, 0.15) is 13.8 Å². The lowest BCUT2D eigenvalue weighted by Crippen LogP contribution is -2.15. The highest BCUT2D eigenvalue weighted by Crippen LogP contribution is 1.85. The van der Waals surface area contributed by atoms with Crippen LogP contribution in [-0.2, 0) is 14.0 Å². The summed E-state index contributed by atoms with van der Waals surface area (Å²) >= 11 is 0. The normalized spacial score (nSPS) is 10.8. The highest BCUT2D eigenvalue weighted by atomic mass is 28.2. The van der Waals surface area contributed by atoms with Gasteiger partial charge in [-0.25, -0.2) is 4.79 Å². The molecule has 0 fully saturated rings. The Morgan fingerprint density at radius 2 is 2.36 bits per heavy atom. The predicted octanol–water partition coefficient (Wildman–Crippen LogP) is 0.182. The predicted molar refractivity (Wildman–Crippen MR) is 45.9 cm³/mol. The minimum atomic E-state index is -0.679. The summed E-state index contributed by atoms with van der Waals surface area (Å²) in [6.45, 7) is 7.20. The molecule has 0 aromatic rings.